The van der Waals surface area contributed by atoms with Crippen LogP contribution in [0.5, 0.6) is 0 Å². The van der Waals surface area contributed by atoms with Crippen LogP contribution in [0.15, 0.2) is 42.5 Å². The summed E-state index contributed by atoms with van der Waals surface area (Å²) in [6, 6.07) is 14.3. The summed E-state index contributed by atoms with van der Waals surface area (Å²) in [5.41, 5.74) is 12.3. The van der Waals surface area contributed by atoms with E-state index in [-0.39, 0.29) is 31.0 Å². The first-order valence-corrected chi connectivity index (χ1v) is 5.01. The number of nitrogens with two attached hydrogens (primary N) is 2. The average molecular weight is 274 g/mol. The third kappa shape index (κ3) is 3.75. The van der Waals surface area contributed by atoms with Gasteiger partial charge < -0.3 is 16.8 Å². The van der Waals surface area contributed by atoms with Crippen molar-refractivity contribution in [2.75, 3.05) is 11.9 Å². The lowest BCUT2D eigenvalue weighted by molar-refractivity contribution is 0.769. The average Bonchev–Trinajstić information content (AvgIpc) is 2.29. The van der Waals surface area contributed by atoms with Crippen LogP contribution < -0.4 is 16.8 Å². The molecule has 0 amide bonds. The molecule has 0 aliphatic heterocycles. The van der Waals surface area contributed by atoms with Crippen molar-refractivity contribution in [2.45, 2.75) is 6.17 Å². The smallest absolute Gasteiger partial charge is 0.0868 e. The van der Waals surface area contributed by atoms with Crippen molar-refractivity contribution in [1.82, 2.24) is 0 Å². The van der Waals surface area contributed by atoms with Gasteiger partial charge >= 0.3 is 0 Å². The lowest BCUT2D eigenvalue weighted by Gasteiger charge is -2.14. The molecule has 0 saturated carbocycles. The molecule has 2 aromatic rings. The molecule has 2 aromatic carbocycles. The number of benzene rings is 2. The Hall–Kier alpha value is -1.00. The molecule has 2 rings (SSSR count). The summed E-state index contributed by atoms with van der Waals surface area (Å²) < 4.78 is 0. The van der Waals surface area contributed by atoms with Crippen molar-refractivity contribution in [3.05, 3.63) is 42.5 Å². The molecule has 1 unspecified atom stereocenters. The minimum atomic E-state index is -0.198. The molecule has 0 spiro atoms. The molecule has 0 aliphatic rings. The quantitative estimate of drug-likeness (QED) is 0.753. The molecule has 3 nitrogen and oxygen atoms in total. The lowest BCUT2D eigenvalue weighted by Crippen LogP contribution is -2.37. The maximum atomic E-state index is 5.76. The van der Waals surface area contributed by atoms with E-state index in [1.807, 2.05) is 24.3 Å². The SMILES string of the molecule is Cl.Cl.NCC(N)Nc1cccc2ccccc12. The summed E-state index contributed by atoms with van der Waals surface area (Å²) in [5.74, 6) is 0. The fraction of sp³-hybridized carbons (Fsp3) is 0.167. The fourth-order valence-corrected chi connectivity index (χ4v) is 1.61. The Kier molecular flexibility index (Phi) is 6.92. The predicted octanol–water partition coefficient (Wildman–Crippen LogP) is 2.34. The Morgan fingerprint density at radius 1 is 1.00 bits per heavy atom. The summed E-state index contributed by atoms with van der Waals surface area (Å²) in [7, 11) is 0. The van der Waals surface area contributed by atoms with Gasteiger partial charge in [0, 0.05) is 17.6 Å². The Bertz CT molecular complexity index is 457. The molecule has 0 radical (unpaired) electrons. The van der Waals surface area contributed by atoms with Gasteiger partial charge in [-0.05, 0) is 11.5 Å². The van der Waals surface area contributed by atoms with Gasteiger partial charge in [0.05, 0.1) is 6.17 Å². The van der Waals surface area contributed by atoms with Crippen molar-refractivity contribution >= 4 is 41.3 Å². The Balaban J connectivity index is 0.00000128. The number of halogens is 2. The van der Waals surface area contributed by atoms with Crippen LogP contribution in [-0.2, 0) is 0 Å². The van der Waals surface area contributed by atoms with Crippen LogP contribution in [0.3, 0.4) is 0 Å². The molecule has 5 heteroatoms. The molecular weight excluding hydrogens is 257 g/mol. The summed E-state index contributed by atoms with van der Waals surface area (Å²) in [4.78, 5) is 0. The topological polar surface area (TPSA) is 64.1 Å². The first kappa shape index (κ1) is 16.0. The van der Waals surface area contributed by atoms with E-state index < -0.39 is 0 Å². The number of anilines is 1. The molecule has 0 heterocycles. The van der Waals surface area contributed by atoms with Crippen molar-refractivity contribution in [3.8, 4) is 0 Å². The van der Waals surface area contributed by atoms with E-state index in [1.54, 1.807) is 0 Å². The maximum absolute atomic E-state index is 5.76. The van der Waals surface area contributed by atoms with E-state index >= 15 is 0 Å². The summed E-state index contributed by atoms with van der Waals surface area (Å²) in [6.45, 7) is 0.420. The van der Waals surface area contributed by atoms with Gasteiger partial charge in [-0.2, -0.15) is 0 Å². The van der Waals surface area contributed by atoms with E-state index in [0.717, 1.165) is 5.69 Å². The van der Waals surface area contributed by atoms with Gasteiger partial charge in [0.1, 0.15) is 0 Å². The monoisotopic (exact) mass is 273 g/mol. The summed E-state index contributed by atoms with van der Waals surface area (Å²) in [5, 5.41) is 5.56. The van der Waals surface area contributed by atoms with E-state index in [0.29, 0.717) is 6.54 Å². The van der Waals surface area contributed by atoms with Gasteiger partial charge in [0.2, 0.25) is 0 Å². The summed E-state index contributed by atoms with van der Waals surface area (Å²) in [6.07, 6.45) is -0.198. The molecule has 94 valence electrons. The second kappa shape index (κ2) is 7.35. The fourth-order valence-electron chi connectivity index (χ4n) is 1.61. The van der Waals surface area contributed by atoms with E-state index in [1.165, 1.54) is 10.8 Å². The van der Waals surface area contributed by atoms with Crippen molar-refractivity contribution in [3.63, 3.8) is 0 Å². The lowest BCUT2D eigenvalue weighted by atomic mass is 10.1. The predicted molar refractivity (Wildman–Crippen MR) is 79.1 cm³/mol. The number of hydrogen-bond donors (Lipinski definition) is 3. The zero-order valence-electron chi connectivity index (χ0n) is 9.30. The van der Waals surface area contributed by atoms with Gasteiger partial charge in [0.15, 0.2) is 0 Å². The third-order valence-electron chi connectivity index (χ3n) is 2.38. The van der Waals surface area contributed by atoms with Crippen molar-refractivity contribution < 1.29 is 0 Å². The first-order chi connectivity index (χ1) is 7.31. The highest BCUT2D eigenvalue weighted by atomic mass is 35.5. The van der Waals surface area contributed by atoms with Crippen LogP contribution in [0.2, 0.25) is 0 Å². The highest BCUT2D eigenvalue weighted by Gasteiger charge is 2.02. The maximum Gasteiger partial charge on any atom is 0.0868 e. The standard InChI is InChI=1S/C12H15N3.2ClH/c13-8-12(14)15-11-7-3-5-9-4-1-2-6-10(9)11;;/h1-7,12,15H,8,13-14H2;2*1H. The zero-order chi connectivity index (χ0) is 10.7. The van der Waals surface area contributed by atoms with Crippen LogP contribution in [0.4, 0.5) is 5.69 Å². The van der Waals surface area contributed by atoms with Crippen molar-refractivity contribution in [1.29, 1.82) is 0 Å². The molecule has 0 fully saturated rings. The van der Waals surface area contributed by atoms with E-state index in [4.69, 9.17) is 11.5 Å². The van der Waals surface area contributed by atoms with Gasteiger partial charge in [0.25, 0.3) is 0 Å². The minimum absolute atomic E-state index is 0. The zero-order valence-corrected chi connectivity index (χ0v) is 10.9. The first-order valence-electron chi connectivity index (χ1n) is 5.01. The molecule has 5 N–H and O–H groups in total. The van der Waals surface area contributed by atoms with Crippen LogP contribution in [0, 0.1) is 0 Å². The Morgan fingerprint density at radius 2 is 1.65 bits per heavy atom. The molecule has 0 saturated heterocycles. The third-order valence-corrected chi connectivity index (χ3v) is 2.38. The molecule has 0 aromatic heterocycles. The molecular formula is C12H17Cl2N3. The Labute approximate surface area is 113 Å². The van der Waals surface area contributed by atoms with Crippen LogP contribution in [0.25, 0.3) is 10.8 Å². The van der Waals surface area contributed by atoms with Crippen LogP contribution in [-0.4, -0.2) is 12.7 Å². The van der Waals surface area contributed by atoms with E-state index in [2.05, 4.69) is 23.5 Å². The molecule has 0 bridgehead atoms. The van der Waals surface area contributed by atoms with Gasteiger partial charge in [-0.1, -0.05) is 36.4 Å². The van der Waals surface area contributed by atoms with E-state index in [9.17, 15) is 0 Å². The van der Waals surface area contributed by atoms with Crippen LogP contribution in [0.1, 0.15) is 0 Å². The normalized spacial score (nSPS) is 11.2. The molecule has 17 heavy (non-hydrogen) atoms. The second-order valence-electron chi connectivity index (χ2n) is 3.51. The van der Waals surface area contributed by atoms with Gasteiger partial charge in [-0.25, -0.2) is 0 Å². The van der Waals surface area contributed by atoms with Gasteiger partial charge in [-0.15, -0.1) is 24.8 Å². The number of rotatable bonds is 3. The number of hydrogen-bond acceptors (Lipinski definition) is 3. The number of nitrogens with one attached hydrogen (secondary N) is 1. The van der Waals surface area contributed by atoms with Gasteiger partial charge in [-0.3, -0.25) is 0 Å². The van der Waals surface area contributed by atoms with Crippen LogP contribution >= 0.6 is 24.8 Å². The highest BCUT2D eigenvalue weighted by molar-refractivity contribution is 5.93. The number of fused-ring (bicyclic) bond motifs is 1. The second-order valence-corrected chi connectivity index (χ2v) is 3.51. The minimum Gasteiger partial charge on any atom is -0.368 e. The molecule has 0 aliphatic carbocycles. The Morgan fingerprint density at radius 3 is 2.35 bits per heavy atom. The summed E-state index contributed by atoms with van der Waals surface area (Å²) >= 11 is 0. The molecule has 1 atom stereocenters. The van der Waals surface area contributed by atoms with Crippen molar-refractivity contribution in [2.24, 2.45) is 11.5 Å². The highest BCUT2D eigenvalue weighted by Crippen LogP contribution is 2.22. The largest absolute Gasteiger partial charge is 0.368 e.